The van der Waals surface area contributed by atoms with E-state index in [9.17, 15) is 0 Å². The van der Waals surface area contributed by atoms with E-state index in [1.54, 1.807) is 0 Å². The number of nitrogens with one attached hydrogen (secondary N) is 1. The van der Waals surface area contributed by atoms with Crippen LogP contribution in [-0.4, -0.2) is 33.5 Å². The smallest absolute Gasteiger partial charge is 0.109 e. The van der Waals surface area contributed by atoms with E-state index in [0.717, 1.165) is 0 Å². The summed E-state index contributed by atoms with van der Waals surface area (Å²) < 4.78 is 0. The van der Waals surface area contributed by atoms with E-state index < -0.39 is 0 Å². The summed E-state index contributed by atoms with van der Waals surface area (Å²) in [6, 6.07) is 0. The Morgan fingerprint density at radius 3 is 2.33 bits per heavy atom. The van der Waals surface area contributed by atoms with Gasteiger partial charge in [0, 0.05) is 23.3 Å². The SMILES string of the molecule is CC(C)c1cnc(C2CCN(C(C)(C)C)CC2)[nH]1. The van der Waals surface area contributed by atoms with Gasteiger partial charge in [-0.3, -0.25) is 4.90 Å². The Hall–Kier alpha value is -0.830. The third-order valence-electron chi connectivity index (χ3n) is 4.07. The first kappa shape index (κ1) is 13.6. The number of piperidine rings is 1. The second-order valence-corrected chi connectivity index (χ2v) is 6.81. The van der Waals surface area contributed by atoms with Crippen LogP contribution < -0.4 is 0 Å². The lowest BCUT2D eigenvalue weighted by Gasteiger charge is -2.40. The highest BCUT2D eigenvalue weighted by molar-refractivity contribution is 5.09. The van der Waals surface area contributed by atoms with Crippen LogP contribution in [0.3, 0.4) is 0 Å². The predicted molar refractivity (Wildman–Crippen MR) is 76.0 cm³/mol. The largest absolute Gasteiger partial charge is 0.345 e. The van der Waals surface area contributed by atoms with Crippen LogP contribution in [0.1, 0.15) is 70.8 Å². The van der Waals surface area contributed by atoms with Gasteiger partial charge in [-0.2, -0.15) is 0 Å². The van der Waals surface area contributed by atoms with E-state index in [1.165, 1.54) is 37.4 Å². The van der Waals surface area contributed by atoms with Gasteiger partial charge in [0.1, 0.15) is 5.82 Å². The van der Waals surface area contributed by atoms with Crippen molar-refractivity contribution in [1.82, 2.24) is 14.9 Å². The molecule has 1 N–H and O–H groups in total. The maximum Gasteiger partial charge on any atom is 0.109 e. The fourth-order valence-corrected chi connectivity index (χ4v) is 2.68. The van der Waals surface area contributed by atoms with E-state index in [-0.39, 0.29) is 0 Å². The number of imidazole rings is 1. The highest BCUT2D eigenvalue weighted by Crippen LogP contribution is 2.30. The Labute approximate surface area is 111 Å². The van der Waals surface area contributed by atoms with E-state index in [0.29, 0.717) is 17.4 Å². The van der Waals surface area contributed by atoms with Gasteiger partial charge in [-0.25, -0.2) is 4.98 Å². The van der Waals surface area contributed by atoms with E-state index in [1.807, 2.05) is 6.20 Å². The number of aromatic nitrogens is 2. The van der Waals surface area contributed by atoms with E-state index >= 15 is 0 Å². The quantitative estimate of drug-likeness (QED) is 0.869. The fourth-order valence-electron chi connectivity index (χ4n) is 2.68. The van der Waals surface area contributed by atoms with Crippen LogP contribution in [0, 0.1) is 0 Å². The van der Waals surface area contributed by atoms with E-state index in [4.69, 9.17) is 0 Å². The minimum Gasteiger partial charge on any atom is -0.345 e. The topological polar surface area (TPSA) is 31.9 Å². The van der Waals surface area contributed by atoms with Crippen molar-refractivity contribution in [3.8, 4) is 0 Å². The molecule has 1 fully saturated rings. The minimum absolute atomic E-state index is 0.303. The summed E-state index contributed by atoms with van der Waals surface area (Å²) in [6.07, 6.45) is 4.46. The lowest BCUT2D eigenvalue weighted by Crippen LogP contribution is -2.45. The van der Waals surface area contributed by atoms with Crippen molar-refractivity contribution < 1.29 is 0 Å². The molecule has 1 aromatic rings. The molecule has 0 atom stereocenters. The fraction of sp³-hybridized carbons (Fsp3) is 0.800. The summed E-state index contributed by atoms with van der Waals surface area (Å²) in [7, 11) is 0. The standard InChI is InChI=1S/C15H27N3/c1-11(2)13-10-16-14(17-13)12-6-8-18(9-7-12)15(3,4)5/h10-12H,6-9H2,1-5H3,(H,16,17). The second-order valence-electron chi connectivity index (χ2n) is 6.81. The number of rotatable bonds is 2. The molecule has 0 unspecified atom stereocenters. The molecule has 18 heavy (non-hydrogen) atoms. The summed E-state index contributed by atoms with van der Waals surface area (Å²) in [5, 5.41) is 0. The van der Waals surface area contributed by atoms with Crippen molar-refractivity contribution in [2.24, 2.45) is 0 Å². The van der Waals surface area contributed by atoms with Crippen molar-refractivity contribution in [2.75, 3.05) is 13.1 Å². The number of likely N-dealkylation sites (tertiary alicyclic amines) is 1. The van der Waals surface area contributed by atoms with Gasteiger partial charge < -0.3 is 4.98 Å². The van der Waals surface area contributed by atoms with Crippen molar-refractivity contribution >= 4 is 0 Å². The lowest BCUT2D eigenvalue weighted by molar-refractivity contribution is 0.101. The van der Waals surface area contributed by atoms with Gasteiger partial charge >= 0.3 is 0 Å². The lowest BCUT2D eigenvalue weighted by atomic mass is 9.92. The zero-order valence-electron chi connectivity index (χ0n) is 12.5. The van der Waals surface area contributed by atoms with Crippen LogP contribution >= 0.6 is 0 Å². The Bertz CT molecular complexity index is 379. The summed E-state index contributed by atoms with van der Waals surface area (Å²) in [6.45, 7) is 13.7. The van der Waals surface area contributed by atoms with Gasteiger partial charge in [0.2, 0.25) is 0 Å². The van der Waals surface area contributed by atoms with Crippen molar-refractivity contribution in [2.45, 2.75) is 64.8 Å². The van der Waals surface area contributed by atoms with Crippen LogP contribution in [0.5, 0.6) is 0 Å². The molecule has 2 heterocycles. The highest BCUT2D eigenvalue weighted by Gasteiger charge is 2.28. The third kappa shape index (κ3) is 2.94. The van der Waals surface area contributed by atoms with Gasteiger partial charge in [0.15, 0.2) is 0 Å². The first-order valence-electron chi connectivity index (χ1n) is 7.18. The zero-order valence-corrected chi connectivity index (χ0v) is 12.5. The molecule has 102 valence electrons. The van der Waals surface area contributed by atoms with Crippen LogP contribution in [0.4, 0.5) is 0 Å². The van der Waals surface area contributed by atoms with Gasteiger partial charge in [0.25, 0.3) is 0 Å². The summed E-state index contributed by atoms with van der Waals surface area (Å²) in [5.41, 5.74) is 1.57. The van der Waals surface area contributed by atoms with Crippen LogP contribution in [-0.2, 0) is 0 Å². The summed E-state index contributed by atoms with van der Waals surface area (Å²) in [5.74, 6) is 2.37. The zero-order chi connectivity index (χ0) is 13.3. The summed E-state index contributed by atoms with van der Waals surface area (Å²) in [4.78, 5) is 10.7. The molecular formula is C15H27N3. The molecule has 1 aliphatic heterocycles. The molecule has 3 nitrogen and oxygen atoms in total. The predicted octanol–water partition coefficient (Wildman–Crippen LogP) is 3.51. The monoisotopic (exact) mass is 249 g/mol. The van der Waals surface area contributed by atoms with Crippen molar-refractivity contribution in [3.05, 3.63) is 17.7 Å². The Balaban J connectivity index is 1.97. The van der Waals surface area contributed by atoms with Gasteiger partial charge in [-0.15, -0.1) is 0 Å². The molecule has 0 bridgehead atoms. The molecule has 0 aromatic carbocycles. The first-order valence-corrected chi connectivity index (χ1v) is 7.18. The number of hydrogen-bond donors (Lipinski definition) is 1. The van der Waals surface area contributed by atoms with Gasteiger partial charge in [-0.1, -0.05) is 13.8 Å². The molecule has 1 saturated heterocycles. The molecule has 0 saturated carbocycles. The normalized spacial score (nSPS) is 19.7. The molecule has 0 amide bonds. The molecule has 1 aliphatic rings. The molecule has 1 aromatic heterocycles. The third-order valence-corrected chi connectivity index (χ3v) is 4.07. The number of H-pyrrole nitrogens is 1. The van der Waals surface area contributed by atoms with Crippen LogP contribution in [0.2, 0.25) is 0 Å². The highest BCUT2D eigenvalue weighted by atomic mass is 15.2. The molecule has 0 spiro atoms. The average Bonchev–Trinajstić information content (AvgIpc) is 2.77. The maximum atomic E-state index is 4.57. The van der Waals surface area contributed by atoms with E-state index in [2.05, 4.69) is 49.5 Å². The van der Waals surface area contributed by atoms with Gasteiger partial charge in [0.05, 0.1) is 0 Å². The molecule has 0 radical (unpaired) electrons. The number of nitrogens with zero attached hydrogens (tertiary/aromatic N) is 2. The van der Waals surface area contributed by atoms with Crippen LogP contribution in [0.15, 0.2) is 6.20 Å². The Morgan fingerprint density at radius 1 is 1.28 bits per heavy atom. The van der Waals surface area contributed by atoms with Crippen LogP contribution in [0.25, 0.3) is 0 Å². The molecule has 3 heteroatoms. The summed E-state index contributed by atoms with van der Waals surface area (Å²) >= 11 is 0. The minimum atomic E-state index is 0.303. The Morgan fingerprint density at radius 2 is 1.89 bits per heavy atom. The maximum absolute atomic E-state index is 4.57. The number of aromatic amines is 1. The Kier molecular flexibility index (Phi) is 3.81. The molecular weight excluding hydrogens is 222 g/mol. The van der Waals surface area contributed by atoms with Crippen molar-refractivity contribution in [1.29, 1.82) is 0 Å². The first-order chi connectivity index (χ1) is 8.38. The second kappa shape index (κ2) is 5.04. The van der Waals surface area contributed by atoms with Gasteiger partial charge in [-0.05, 0) is 52.6 Å². The van der Waals surface area contributed by atoms with Crippen molar-refractivity contribution in [3.63, 3.8) is 0 Å². The number of hydrogen-bond acceptors (Lipinski definition) is 2. The molecule has 0 aliphatic carbocycles. The molecule has 2 rings (SSSR count). The average molecular weight is 249 g/mol.